The summed E-state index contributed by atoms with van der Waals surface area (Å²) in [5.74, 6) is -0.221. The first-order valence-electron chi connectivity index (χ1n) is 6.32. The fourth-order valence-corrected chi connectivity index (χ4v) is 1.56. The zero-order valence-corrected chi connectivity index (χ0v) is 10.6. The summed E-state index contributed by atoms with van der Waals surface area (Å²) in [5.41, 5.74) is 6.03. The number of nitrogens with one attached hydrogen (secondary N) is 2. The maximum atomic E-state index is 11.6. The Morgan fingerprint density at radius 1 is 1.42 bits per heavy atom. The third-order valence-electron chi connectivity index (χ3n) is 2.72. The quantitative estimate of drug-likeness (QED) is 0.557. The van der Waals surface area contributed by atoms with Crippen LogP contribution < -0.4 is 16.4 Å². The molecule has 104 valence electrons. The summed E-state index contributed by atoms with van der Waals surface area (Å²) in [5, 5.41) is 13.1. The number of hydrogen-bond donors (Lipinski definition) is 3. The lowest BCUT2D eigenvalue weighted by atomic mass is 10.4. The largest absolute Gasteiger partial charge is 0.354 e. The van der Waals surface area contributed by atoms with E-state index in [-0.39, 0.29) is 18.4 Å². The Kier molecular flexibility index (Phi) is 4.45. The molecular weight excluding hydrogens is 248 g/mol. The number of amides is 2. The van der Waals surface area contributed by atoms with E-state index in [1.807, 2.05) is 0 Å². The lowest BCUT2D eigenvalue weighted by molar-refractivity contribution is -0.122. The maximum Gasteiger partial charge on any atom is 0.241 e. The lowest BCUT2D eigenvalue weighted by Crippen LogP contribution is -2.33. The number of hydrogen-bond acceptors (Lipinski definition) is 5. The molecule has 0 aliphatic heterocycles. The van der Waals surface area contributed by atoms with Crippen molar-refractivity contribution in [2.45, 2.75) is 38.4 Å². The molecule has 2 amide bonds. The fraction of sp³-hybridized carbons (Fsp3) is 0.636. The Morgan fingerprint density at radius 2 is 2.21 bits per heavy atom. The van der Waals surface area contributed by atoms with Gasteiger partial charge < -0.3 is 16.4 Å². The first-order valence-corrected chi connectivity index (χ1v) is 6.32. The van der Waals surface area contributed by atoms with Crippen molar-refractivity contribution < 1.29 is 9.59 Å². The summed E-state index contributed by atoms with van der Waals surface area (Å²) in [6, 6.07) is 0.355. The van der Waals surface area contributed by atoms with E-state index in [0.717, 1.165) is 12.8 Å². The van der Waals surface area contributed by atoms with Gasteiger partial charge >= 0.3 is 0 Å². The molecule has 8 nitrogen and oxygen atoms in total. The van der Waals surface area contributed by atoms with Crippen molar-refractivity contribution in [2.75, 3.05) is 6.54 Å². The predicted octanol–water partition coefficient (Wildman–Crippen LogP) is -1.48. The van der Waals surface area contributed by atoms with Crippen molar-refractivity contribution in [3.63, 3.8) is 0 Å². The van der Waals surface area contributed by atoms with E-state index >= 15 is 0 Å². The van der Waals surface area contributed by atoms with Gasteiger partial charge in [-0.15, -0.1) is 5.10 Å². The molecule has 0 unspecified atom stereocenters. The van der Waals surface area contributed by atoms with Gasteiger partial charge in [-0.25, -0.2) is 4.68 Å². The second kappa shape index (κ2) is 6.28. The Morgan fingerprint density at radius 3 is 2.84 bits per heavy atom. The van der Waals surface area contributed by atoms with Gasteiger partial charge in [0.05, 0.1) is 11.9 Å². The van der Waals surface area contributed by atoms with Gasteiger partial charge in [-0.2, -0.15) is 0 Å². The Hall–Kier alpha value is -1.96. The molecule has 1 aliphatic carbocycles. The third kappa shape index (κ3) is 4.66. The standard InChI is InChI=1S/C11H18N6O2/c12-5-9-6-17(16-15-9)7-11(19)13-4-3-10(18)14-8-1-2-8/h6,8H,1-5,7,12H2,(H,13,19)(H,14,18). The topological polar surface area (TPSA) is 115 Å². The molecule has 1 aromatic rings. The summed E-state index contributed by atoms with van der Waals surface area (Å²) in [4.78, 5) is 22.9. The van der Waals surface area contributed by atoms with Crippen LogP contribution >= 0.6 is 0 Å². The van der Waals surface area contributed by atoms with E-state index in [2.05, 4.69) is 20.9 Å². The van der Waals surface area contributed by atoms with Crippen molar-refractivity contribution in [1.29, 1.82) is 0 Å². The normalized spacial score (nSPS) is 14.2. The van der Waals surface area contributed by atoms with E-state index in [1.165, 1.54) is 4.68 Å². The highest BCUT2D eigenvalue weighted by molar-refractivity contribution is 5.79. The summed E-state index contributed by atoms with van der Waals surface area (Å²) in [6.07, 6.45) is 4.05. The van der Waals surface area contributed by atoms with Gasteiger partial charge in [0.15, 0.2) is 0 Å². The molecule has 0 radical (unpaired) electrons. The highest BCUT2D eigenvalue weighted by atomic mass is 16.2. The number of carbonyl (C=O) groups is 2. The van der Waals surface area contributed by atoms with Crippen molar-refractivity contribution in [2.24, 2.45) is 5.73 Å². The molecule has 1 saturated carbocycles. The van der Waals surface area contributed by atoms with Gasteiger partial charge in [0.2, 0.25) is 11.8 Å². The lowest BCUT2D eigenvalue weighted by Gasteiger charge is -2.05. The summed E-state index contributed by atoms with van der Waals surface area (Å²) >= 11 is 0. The van der Waals surface area contributed by atoms with E-state index in [1.54, 1.807) is 6.20 Å². The average molecular weight is 266 g/mol. The molecule has 1 aliphatic rings. The zero-order valence-electron chi connectivity index (χ0n) is 10.6. The minimum atomic E-state index is -0.201. The van der Waals surface area contributed by atoms with Gasteiger partial charge in [0.25, 0.3) is 0 Å². The van der Waals surface area contributed by atoms with E-state index in [4.69, 9.17) is 5.73 Å². The molecule has 19 heavy (non-hydrogen) atoms. The molecular formula is C11H18N6O2. The first-order chi connectivity index (χ1) is 9.17. The number of nitrogens with two attached hydrogens (primary N) is 1. The van der Waals surface area contributed by atoms with Crippen LogP contribution in [0.5, 0.6) is 0 Å². The van der Waals surface area contributed by atoms with Crippen molar-refractivity contribution >= 4 is 11.8 Å². The minimum Gasteiger partial charge on any atom is -0.354 e. The molecule has 4 N–H and O–H groups in total. The molecule has 2 rings (SSSR count). The van der Waals surface area contributed by atoms with Crippen LogP contribution in [0.3, 0.4) is 0 Å². The van der Waals surface area contributed by atoms with E-state index < -0.39 is 0 Å². The smallest absolute Gasteiger partial charge is 0.241 e. The van der Waals surface area contributed by atoms with Crippen LogP contribution in [0.25, 0.3) is 0 Å². The highest BCUT2D eigenvalue weighted by Gasteiger charge is 2.22. The zero-order chi connectivity index (χ0) is 13.7. The van der Waals surface area contributed by atoms with Gasteiger partial charge in [0.1, 0.15) is 6.54 Å². The molecule has 1 aromatic heterocycles. The molecule has 0 aromatic carbocycles. The van der Waals surface area contributed by atoms with Crippen molar-refractivity contribution in [1.82, 2.24) is 25.6 Å². The highest BCUT2D eigenvalue weighted by Crippen LogP contribution is 2.18. The molecule has 0 spiro atoms. The molecule has 0 saturated heterocycles. The monoisotopic (exact) mass is 266 g/mol. The second-order valence-corrected chi connectivity index (χ2v) is 4.55. The molecule has 0 bridgehead atoms. The fourth-order valence-electron chi connectivity index (χ4n) is 1.56. The van der Waals surface area contributed by atoms with Gasteiger partial charge in [-0.05, 0) is 12.8 Å². The Bertz CT molecular complexity index is 454. The van der Waals surface area contributed by atoms with Gasteiger partial charge in [0, 0.05) is 25.6 Å². The molecule has 1 heterocycles. The van der Waals surface area contributed by atoms with E-state index in [0.29, 0.717) is 31.2 Å². The van der Waals surface area contributed by atoms with Crippen LogP contribution in [0.4, 0.5) is 0 Å². The predicted molar refractivity (Wildman–Crippen MR) is 66.7 cm³/mol. The van der Waals surface area contributed by atoms with Crippen LogP contribution in [0.1, 0.15) is 25.0 Å². The maximum absolute atomic E-state index is 11.6. The third-order valence-corrected chi connectivity index (χ3v) is 2.72. The average Bonchev–Trinajstić information content (AvgIpc) is 3.06. The van der Waals surface area contributed by atoms with Crippen LogP contribution in [-0.2, 0) is 22.7 Å². The Balaban J connectivity index is 1.62. The van der Waals surface area contributed by atoms with Gasteiger partial charge in [-0.1, -0.05) is 5.21 Å². The number of aromatic nitrogens is 3. The van der Waals surface area contributed by atoms with Crippen LogP contribution in [0.2, 0.25) is 0 Å². The number of carbonyl (C=O) groups excluding carboxylic acids is 2. The van der Waals surface area contributed by atoms with Crippen molar-refractivity contribution in [3.05, 3.63) is 11.9 Å². The summed E-state index contributed by atoms with van der Waals surface area (Å²) in [7, 11) is 0. The number of rotatable bonds is 7. The number of nitrogens with zero attached hydrogens (tertiary/aromatic N) is 3. The SMILES string of the molecule is NCc1cn(CC(=O)NCCC(=O)NC2CC2)nn1. The first kappa shape index (κ1) is 13.5. The van der Waals surface area contributed by atoms with Crippen LogP contribution in [-0.4, -0.2) is 39.4 Å². The molecule has 1 fully saturated rings. The summed E-state index contributed by atoms with van der Waals surface area (Å²) < 4.78 is 1.42. The van der Waals surface area contributed by atoms with Gasteiger partial charge in [-0.3, -0.25) is 9.59 Å². The van der Waals surface area contributed by atoms with Crippen LogP contribution in [0, 0.1) is 0 Å². The minimum absolute atomic E-state index is 0.0195. The summed E-state index contributed by atoms with van der Waals surface area (Å²) in [6.45, 7) is 0.704. The van der Waals surface area contributed by atoms with E-state index in [9.17, 15) is 9.59 Å². The molecule has 0 atom stereocenters. The molecule has 8 heteroatoms. The Labute approximate surface area is 110 Å². The second-order valence-electron chi connectivity index (χ2n) is 4.55. The van der Waals surface area contributed by atoms with Crippen molar-refractivity contribution in [3.8, 4) is 0 Å². The van der Waals surface area contributed by atoms with Crippen LogP contribution in [0.15, 0.2) is 6.20 Å².